The maximum Gasteiger partial charge on any atom is 0.315 e. The highest BCUT2D eigenvalue weighted by atomic mass is 32.1. The Labute approximate surface area is 122 Å². The average molecular weight is 287 g/mol. The molecule has 102 valence electrons. The number of nitrogens with zero attached hydrogens (tertiary/aromatic N) is 3. The van der Waals surface area contributed by atoms with Gasteiger partial charge in [0, 0.05) is 24.0 Å². The molecule has 2 unspecified atom stereocenters. The van der Waals surface area contributed by atoms with Crippen molar-refractivity contribution in [1.82, 2.24) is 4.98 Å². The Morgan fingerprint density at radius 2 is 2.30 bits per heavy atom. The number of carbonyl (C=O) groups excluding carboxylic acids is 1. The molecule has 2 rings (SSSR count). The molecule has 0 amide bonds. The highest BCUT2D eigenvalue weighted by molar-refractivity contribution is 7.84. The summed E-state index contributed by atoms with van der Waals surface area (Å²) in [6.07, 6.45) is 3.27. The number of esters is 1. The zero-order valence-electron chi connectivity index (χ0n) is 11.1. The summed E-state index contributed by atoms with van der Waals surface area (Å²) >= 11 is 4.24. The van der Waals surface area contributed by atoms with Crippen LogP contribution in [0.1, 0.15) is 18.4 Å². The smallest absolute Gasteiger partial charge is 0.315 e. The number of hydrogen-bond donors (Lipinski definition) is 1. The monoisotopic (exact) mass is 287 g/mol. The molecule has 1 aromatic heterocycles. The fourth-order valence-electron chi connectivity index (χ4n) is 2.32. The van der Waals surface area contributed by atoms with Crippen LogP contribution in [0.25, 0.3) is 0 Å². The summed E-state index contributed by atoms with van der Waals surface area (Å²) < 4.78 is 4.84. The Kier molecular flexibility index (Phi) is 4.20. The van der Waals surface area contributed by atoms with Crippen molar-refractivity contribution in [3.05, 3.63) is 40.7 Å². The average Bonchev–Trinajstić information content (AvgIpc) is 2.46. The van der Waals surface area contributed by atoms with Crippen molar-refractivity contribution >= 4 is 24.3 Å². The van der Waals surface area contributed by atoms with Gasteiger partial charge in [0.05, 0.1) is 18.8 Å². The minimum atomic E-state index is -0.630. The molecule has 0 spiro atoms. The Hall–Kier alpha value is -2.13. The second kappa shape index (κ2) is 5.88. The summed E-state index contributed by atoms with van der Waals surface area (Å²) in [5.41, 5.74) is 1.69. The van der Waals surface area contributed by atoms with Crippen LogP contribution in [0.3, 0.4) is 0 Å². The Balaban J connectivity index is 2.60. The van der Waals surface area contributed by atoms with Gasteiger partial charge in [0.2, 0.25) is 0 Å². The van der Waals surface area contributed by atoms with Gasteiger partial charge in [0.25, 0.3) is 0 Å². The molecular formula is C14H13N3O2S. The van der Waals surface area contributed by atoms with Crippen molar-refractivity contribution in [3.8, 4) is 6.07 Å². The Bertz CT molecular complexity index is 632. The molecule has 0 aliphatic carbocycles. The predicted molar refractivity (Wildman–Crippen MR) is 77.2 cm³/mol. The van der Waals surface area contributed by atoms with E-state index >= 15 is 0 Å². The number of ether oxygens (including phenoxy) is 1. The molecule has 1 aliphatic rings. The van der Waals surface area contributed by atoms with E-state index in [1.54, 1.807) is 25.4 Å². The lowest BCUT2D eigenvalue weighted by Crippen LogP contribution is -2.33. The van der Waals surface area contributed by atoms with E-state index in [2.05, 4.69) is 28.7 Å². The van der Waals surface area contributed by atoms with Gasteiger partial charge in [-0.2, -0.15) is 5.26 Å². The SMILES string of the molecule is COC(=O)C1C(C)=NC(S)=C(C#N)C1c1cccnc1. The van der Waals surface area contributed by atoms with Gasteiger partial charge in [-0.1, -0.05) is 6.07 Å². The van der Waals surface area contributed by atoms with Crippen molar-refractivity contribution in [2.45, 2.75) is 12.8 Å². The first-order chi connectivity index (χ1) is 9.60. The quantitative estimate of drug-likeness (QED) is 0.667. The zero-order valence-corrected chi connectivity index (χ0v) is 12.0. The van der Waals surface area contributed by atoms with Crippen molar-refractivity contribution < 1.29 is 9.53 Å². The summed E-state index contributed by atoms with van der Waals surface area (Å²) in [4.78, 5) is 20.3. The predicted octanol–water partition coefficient (Wildman–Crippen LogP) is 2.09. The lowest BCUT2D eigenvalue weighted by atomic mass is 9.78. The van der Waals surface area contributed by atoms with E-state index in [1.165, 1.54) is 7.11 Å². The van der Waals surface area contributed by atoms with Gasteiger partial charge in [-0.15, -0.1) is 12.6 Å². The molecule has 1 aliphatic heterocycles. The molecular weight excluding hydrogens is 274 g/mol. The number of rotatable bonds is 2. The van der Waals surface area contributed by atoms with Crippen LogP contribution in [-0.4, -0.2) is 23.8 Å². The normalized spacial score (nSPS) is 22.0. The summed E-state index contributed by atoms with van der Waals surface area (Å²) in [5.74, 6) is -1.52. The van der Waals surface area contributed by atoms with Crippen LogP contribution < -0.4 is 0 Å². The van der Waals surface area contributed by atoms with Crippen molar-refractivity contribution in [1.29, 1.82) is 5.26 Å². The number of pyridine rings is 1. The third kappa shape index (κ3) is 2.45. The molecule has 2 heterocycles. The van der Waals surface area contributed by atoms with Crippen LogP contribution in [-0.2, 0) is 9.53 Å². The molecule has 0 bridgehead atoms. The summed E-state index contributed by atoms with van der Waals surface area (Å²) in [6, 6.07) is 5.68. The number of carbonyl (C=O) groups is 1. The second-order valence-electron chi connectivity index (χ2n) is 4.37. The molecule has 0 aromatic carbocycles. The van der Waals surface area contributed by atoms with E-state index < -0.39 is 17.8 Å². The Morgan fingerprint density at radius 1 is 1.55 bits per heavy atom. The van der Waals surface area contributed by atoms with E-state index in [9.17, 15) is 10.1 Å². The van der Waals surface area contributed by atoms with Gasteiger partial charge in [-0.3, -0.25) is 9.78 Å². The van der Waals surface area contributed by atoms with Crippen LogP contribution in [0.5, 0.6) is 0 Å². The van der Waals surface area contributed by atoms with E-state index in [-0.39, 0.29) is 0 Å². The lowest BCUT2D eigenvalue weighted by molar-refractivity contribution is -0.143. The standard InChI is InChI=1S/C14H13N3O2S/c1-8-11(14(18)19-2)12(9-4-3-5-16-7-9)10(6-15)13(20)17-8/h3-5,7,11-12,20H,1-2H3. The second-order valence-corrected chi connectivity index (χ2v) is 4.79. The van der Waals surface area contributed by atoms with Gasteiger partial charge < -0.3 is 4.74 Å². The molecule has 0 saturated heterocycles. The fourth-order valence-corrected chi connectivity index (χ4v) is 2.66. The number of aromatic nitrogens is 1. The summed E-state index contributed by atoms with van der Waals surface area (Å²) in [6.45, 7) is 1.73. The molecule has 0 N–H and O–H groups in total. The van der Waals surface area contributed by atoms with Crippen molar-refractivity contribution in [2.75, 3.05) is 7.11 Å². The highest BCUT2D eigenvalue weighted by Gasteiger charge is 2.39. The first-order valence-electron chi connectivity index (χ1n) is 5.96. The topological polar surface area (TPSA) is 75.3 Å². The van der Waals surface area contributed by atoms with Crippen molar-refractivity contribution in [2.24, 2.45) is 10.9 Å². The molecule has 6 heteroatoms. The van der Waals surface area contributed by atoms with E-state index in [1.807, 2.05) is 6.07 Å². The maximum atomic E-state index is 12.0. The minimum Gasteiger partial charge on any atom is -0.468 e. The summed E-state index contributed by atoms with van der Waals surface area (Å²) in [5, 5.41) is 9.69. The summed E-state index contributed by atoms with van der Waals surface area (Å²) in [7, 11) is 1.32. The van der Waals surface area contributed by atoms with E-state index in [0.29, 0.717) is 16.3 Å². The third-order valence-electron chi connectivity index (χ3n) is 3.24. The van der Waals surface area contributed by atoms with Crippen LogP contribution in [0.15, 0.2) is 40.1 Å². The van der Waals surface area contributed by atoms with Crippen molar-refractivity contribution in [3.63, 3.8) is 0 Å². The van der Waals surface area contributed by atoms with E-state index in [0.717, 1.165) is 5.56 Å². The van der Waals surface area contributed by atoms with Gasteiger partial charge in [0.1, 0.15) is 10.9 Å². The van der Waals surface area contributed by atoms with Crippen LogP contribution >= 0.6 is 12.6 Å². The number of nitriles is 1. The molecule has 20 heavy (non-hydrogen) atoms. The minimum absolute atomic E-state index is 0.332. The molecule has 1 aromatic rings. The molecule has 0 radical (unpaired) electrons. The van der Waals surface area contributed by atoms with Gasteiger partial charge in [0.15, 0.2) is 0 Å². The molecule has 5 nitrogen and oxygen atoms in total. The first-order valence-corrected chi connectivity index (χ1v) is 6.41. The number of aliphatic imine (C=N–C) groups is 1. The van der Waals surface area contributed by atoms with E-state index in [4.69, 9.17) is 4.74 Å². The highest BCUT2D eigenvalue weighted by Crippen LogP contribution is 2.39. The Morgan fingerprint density at radius 3 is 2.85 bits per heavy atom. The van der Waals surface area contributed by atoms with Crippen LogP contribution in [0, 0.1) is 17.2 Å². The third-order valence-corrected chi connectivity index (χ3v) is 3.58. The number of hydrogen-bond acceptors (Lipinski definition) is 6. The van der Waals surface area contributed by atoms with Gasteiger partial charge in [-0.05, 0) is 18.6 Å². The van der Waals surface area contributed by atoms with Gasteiger partial charge >= 0.3 is 5.97 Å². The van der Waals surface area contributed by atoms with Crippen LogP contribution in [0.2, 0.25) is 0 Å². The molecule has 0 fully saturated rings. The largest absolute Gasteiger partial charge is 0.468 e. The molecule has 2 atom stereocenters. The first kappa shape index (κ1) is 14.3. The molecule has 0 saturated carbocycles. The number of thiol groups is 1. The maximum absolute atomic E-state index is 12.0. The fraction of sp³-hybridized carbons (Fsp3) is 0.286. The van der Waals surface area contributed by atoms with Gasteiger partial charge in [-0.25, -0.2) is 4.99 Å². The zero-order chi connectivity index (χ0) is 14.7. The van der Waals surface area contributed by atoms with Crippen LogP contribution in [0.4, 0.5) is 0 Å². The number of methoxy groups -OCH3 is 1. The lowest BCUT2D eigenvalue weighted by Gasteiger charge is -2.28. The number of allylic oxidation sites excluding steroid dienone is 1.